The van der Waals surface area contributed by atoms with Crippen molar-refractivity contribution in [3.63, 3.8) is 0 Å². The SMILES string of the molecule is CCc1ccc(CNC(=O)c2cc3c(OC)cc(OC)c(OC)c3[nH]2)s1. The van der Waals surface area contributed by atoms with Gasteiger partial charge < -0.3 is 24.5 Å². The van der Waals surface area contributed by atoms with Crippen LogP contribution in [-0.2, 0) is 13.0 Å². The Morgan fingerprint density at radius 1 is 1.08 bits per heavy atom. The van der Waals surface area contributed by atoms with Gasteiger partial charge in [-0.3, -0.25) is 4.79 Å². The van der Waals surface area contributed by atoms with E-state index in [1.54, 1.807) is 44.8 Å². The fraction of sp³-hybridized carbons (Fsp3) is 0.316. The van der Waals surface area contributed by atoms with Crippen molar-refractivity contribution in [2.75, 3.05) is 21.3 Å². The number of carbonyl (C=O) groups is 1. The Morgan fingerprint density at radius 2 is 1.81 bits per heavy atom. The highest BCUT2D eigenvalue weighted by Crippen LogP contribution is 2.41. The average Bonchev–Trinajstić information content (AvgIpc) is 3.31. The molecule has 0 aliphatic heterocycles. The van der Waals surface area contributed by atoms with Crippen LogP contribution in [0.2, 0.25) is 0 Å². The summed E-state index contributed by atoms with van der Waals surface area (Å²) in [6.45, 7) is 2.62. The van der Waals surface area contributed by atoms with Gasteiger partial charge in [0.1, 0.15) is 11.4 Å². The van der Waals surface area contributed by atoms with Crippen LogP contribution in [0.5, 0.6) is 17.2 Å². The highest BCUT2D eigenvalue weighted by atomic mass is 32.1. The number of benzene rings is 1. The Kier molecular flexibility index (Phi) is 5.37. The molecule has 0 fully saturated rings. The molecular formula is C19H22N2O4S. The molecule has 0 saturated carbocycles. The maximum atomic E-state index is 12.6. The number of rotatable bonds is 7. The van der Waals surface area contributed by atoms with Crippen molar-refractivity contribution in [1.29, 1.82) is 0 Å². The van der Waals surface area contributed by atoms with E-state index in [1.165, 1.54) is 4.88 Å². The smallest absolute Gasteiger partial charge is 0.268 e. The number of carbonyl (C=O) groups excluding carboxylic acids is 1. The maximum Gasteiger partial charge on any atom is 0.268 e. The first-order valence-corrected chi connectivity index (χ1v) is 9.10. The lowest BCUT2D eigenvalue weighted by molar-refractivity contribution is 0.0947. The molecular weight excluding hydrogens is 352 g/mol. The summed E-state index contributed by atoms with van der Waals surface area (Å²) in [4.78, 5) is 18.1. The number of hydrogen-bond acceptors (Lipinski definition) is 5. The lowest BCUT2D eigenvalue weighted by atomic mass is 10.2. The first-order valence-electron chi connectivity index (χ1n) is 8.28. The molecule has 2 heterocycles. The Labute approximate surface area is 156 Å². The van der Waals surface area contributed by atoms with Crippen molar-refractivity contribution in [3.05, 3.63) is 39.7 Å². The minimum atomic E-state index is -0.185. The van der Waals surface area contributed by atoms with Crippen molar-refractivity contribution >= 4 is 28.1 Å². The lowest BCUT2D eigenvalue weighted by Crippen LogP contribution is -2.22. The van der Waals surface area contributed by atoms with Gasteiger partial charge in [0.2, 0.25) is 0 Å². The molecule has 0 radical (unpaired) electrons. The molecule has 1 aromatic carbocycles. The molecule has 138 valence electrons. The monoisotopic (exact) mass is 374 g/mol. The summed E-state index contributed by atoms with van der Waals surface area (Å²) in [5, 5.41) is 3.71. The van der Waals surface area contributed by atoms with Gasteiger partial charge in [0.05, 0.1) is 33.4 Å². The highest BCUT2D eigenvalue weighted by molar-refractivity contribution is 7.11. The number of fused-ring (bicyclic) bond motifs is 1. The van der Waals surface area contributed by atoms with Crippen LogP contribution in [0, 0.1) is 0 Å². The lowest BCUT2D eigenvalue weighted by Gasteiger charge is -2.11. The van der Waals surface area contributed by atoms with Crippen molar-refractivity contribution < 1.29 is 19.0 Å². The van der Waals surface area contributed by atoms with E-state index in [9.17, 15) is 4.79 Å². The molecule has 2 N–H and O–H groups in total. The van der Waals surface area contributed by atoms with Crippen LogP contribution in [0.15, 0.2) is 24.3 Å². The zero-order valence-electron chi connectivity index (χ0n) is 15.3. The number of methoxy groups -OCH3 is 3. The van der Waals surface area contributed by atoms with Gasteiger partial charge in [0.15, 0.2) is 11.5 Å². The van der Waals surface area contributed by atoms with Gasteiger partial charge in [-0.25, -0.2) is 0 Å². The second-order valence-electron chi connectivity index (χ2n) is 5.69. The first kappa shape index (κ1) is 18.1. The molecule has 26 heavy (non-hydrogen) atoms. The van der Waals surface area contributed by atoms with Crippen molar-refractivity contribution in [1.82, 2.24) is 10.3 Å². The summed E-state index contributed by atoms with van der Waals surface area (Å²) in [5.41, 5.74) is 1.11. The van der Waals surface area contributed by atoms with E-state index < -0.39 is 0 Å². The molecule has 0 bridgehead atoms. The van der Waals surface area contributed by atoms with Gasteiger partial charge in [0.25, 0.3) is 5.91 Å². The third-order valence-electron chi connectivity index (χ3n) is 4.17. The zero-order valence-corrected chi connectivity index (χ0v) is 16.1. The topological polar surface area (TPSA) is 72.6 Å². The number of nitrogens with one attached hydrogen (secondary N) is 2. The van der Waals surface area contributed by atoms with E-state index >= 15 is 0 Å². The van der Waals surface area contributed by atoms with Crippen LogP contribution in [0.3, 0.4) is 0 Å². The number of thiophene rings is 1. The van der Waals surface area contributed by atoms with Gasteiger partial charge in [-0.05, 0) is 24.6 Å². The zero-order chi connectivity index (χ0) is 18.7. The van der Waals surface area contributed by atoms with Gasteiger partial charge in [-0.1, -0.05) is 6.92 Å². The molecule has 0 atom stereocenters. The van der Waals surface area contributed by atoms with Crippen LogP contribution in [-0.4, -0.2) is 32.2 Å². The van der Waals surface area contributed by atoms with Crippen LogP contribution in [0.4, 0.5) is 0 Å². The van der Waals surface area contributed by atoms with Crippen LogP contribution < -0.4 is 19.5 Å². The molecule has 7 heteroatoms. The Morgan fingerprint density at radius 3 is 2.42 bits per heavy atom. The molecule has 0 saturated heterocycles. The normalized spacial score (nSPS) is 10.8. The first-order chi connectivity index (χ1) is 12.6. The number of aryl methyl sites for hydroxylation is 1. The largest absolute Gasteiger partial charge is 0.496 e. The van der Waals surface area contributed by atoms with Crippen molar-refractivity contribution in [3.8, 4) is 17.2 Å². The molecule has 0 aliphatic rings. The van der Waals surface area contributed by atoms with E-state index in [0.29, 0.717) is 35.0 Å². The van der Waals surface area contributed by atoms with E-state index in [-0.39, 0.29) is 5.91 Å². The third-order valence-corrected chi connectivity index (χ3v) is 5.40. The van der Waals surface area contributed by atoms with Crippen LogP contribution in [0.1, 0.15) is 27.2 Å². The molecule has 0 aliphatic carbocycles. The predicted octanol–water partition coefficient (Wildman–Crippen LogP) is 3.75. The second-order valence-corrected chi connectivity index (χ2v) is 6.94. The summed E-state index contributed by atoms with van der Waals surface area (Å²) in [5.74, 6) is 1.50. The quantitative estimate of drug-likeness (QED) is 0.661. The van der Waals surface area contributed by atoms with Crippen molar-refractivity contribution in [2.45, 2.75) is 19.9 Å². The van der Waals surface area contributed by atoms with E-state index in [1.807, 2.05) is 6.07 Å². The van der Waals surface area contributed by atoms with Crippen LogP contribution in [0.25, 0.3) is 10.9 Å². The Balaban J connectivity index is 1.88. The van der Waals surface area contributed by atoms with Crippen LogP contribution >= 0.6 is 11.3 Å². The number of aromatic amines is 1. The molecule has 0 spiro atoms. The number of ether oxygens (including phenoxy) is 3. The average molecular weight is 374 g/mol. The van der Waals surface area contributed by atoms with Gasteiger partial charge >= 0.3 is 0 Å². The fourth-order valence-corrected chi connectivity index (χ4v) is 3.73. The number of aromatic nitrogens is 1. The summed E-state index contributed by atoms with van der Waals surface area (Å²) in [6.07, 6.45) is 1.00. The molecule has 3 aromatic rings. The fourth-order valence-electron chi connectivity index (χ4n) is 2.83. The molecule has 6 nitrogen and oxygen atoms in total. The summed E-state index contributed by atoms with van der Waals surface area (Å²) in [7, 11) is 4.70. The standard InChI is InChI=1S/C19H22N2O4S/c1-5-11-6-7-12(26-11)10-20-19(22)14-8-13-15(23-2)9-16(24-3)18(25-4)17(13)21-14/h6-9,21H,5,10H2,1-4H3,(H,20,22). The summed E-state index contributed by atoms with van der Waals surface area (Å²) < 4.78 is 16.2. The van der Waals surface area contributed by atoms with E-state index in [0.717, 1.165) is 16.7 Å². The molecule has 2 aromatic heterocycles. The van der Waals surface area contributed by atoms with Crippen molar-refractivity contribution in [2.24, 2.45) is 0 Å². The van der Waals surface area contributed by atoms with Gasteiger partial charge in [-0.15, -0.1) is 11.3 Å². The van der Waals surface area contributed by atoms with Gasteiger partial charge in [-0.2, -0.15) is 0 Å². The Hall–Kier alpha value is -2.67. The third kappa shape index (κ3) is 3.35. The minimum absolute atomic E-state index is 0.185. The van der Waals surface area contributed by atoms with Gasteiger partial charge in [0, 0.05) is 21.2 Å². The maximum absolute atomic E-state index is 12.6. The highest BCUT2D eigenvalue weighted by Gasteiger charge is 2.19. The molecule has 1 amide bonds. The number of H-pyrrole nitrogens is 1. The number of hydrogen-bond donors (Lipinski definition) is 2. The predicted molar refractivity (Wildman–Crippen MR) is 103 cm³/mol. The Bertz CT molecular complexity index is 929. The molecule has 3 rings (SSSR count). The van der Waals surface area contributed by atoms with E-state index in [4.69, 9.17) is 14.2 Å². The van der Waals surface area contributed by atoms with E-state index in [2.05, 4.69) is 23.3 Å². The summed E-state index contributed by atoms with van der Waals surface area (Å²) >= 11 is 1.71. The summed E-state index contributed by atoms with van der Waals surface area (Å²) in [6, 6.07) is 7.65. The minimum Gasteiger partial charge on any atom is -0.496 e. The second kappa shape index (κ2) is 7.70. The molecule has 0 unspecified atom stereocenters. The number of amides is 1.